The van der Waals surface area contributed by atoms with Gasteiger partial charge in [0.05, 0.1) is 6.61 Å². The molecule has 0 rings (SSSR count). The molecule has 0 fully saturated rings. The fraction of sp³-hybridized carbons (Fsp3) is 0.364. The van der Waals surface area contributed by atoms with Gasteiger partial charge >= 0.3 is 0 Å². The Morgan fingerprint density at radius 2 is 2.00 bits per heavy atom. The first-order valence-corrected chi connectivity index (χ1v) is 6.37. The standard InChI is InChI=1S/C11H14Cl2O2S/c1-3-4-9(12)7-10(13)8-11(14)16-6-5-15-2/h3-4,7-8H,5-6H2,1-2H3/b4-3-,9-7+,10-8-. The fourth-order valence-electron chi connectivity index (χ4n) is 0.761. The summed E-state index contributed by atoms with van der Waals surface area (Å²) in [6.07, 6.45) is 6.35. The Hall–Kier alpha value is -0.220. The van der Waals surface area contributed by atoms with Crippen LogP contribution in [0.1, 0.15) is 6.92 Å². The van der Waals surface area contributed by atoms with Gasteiger partial charge in [-0.2, -0.15) is 0 Å². The molecule has 90 valence electrons. The summed E-state index contributed by atoms with van der Waals surface area (Å²) in [6.45, 7) is 2.39. The van der Waals surface area contributed by atoms with Gasteiger partial charge in [-0.25, -0.2) is 0 Å². The van der Waals surface area contributed by atoms with Gasteiger partial charge < -0.3 is 4.74 Å². The van der Waals surface area contributed by atoms with Crippen molar-refractivity contribution in [3.05, 3.63) is 34.4 Å². The molecule has 16 heavy (non-hydrogen) atoms. The Balaban J connectivity index is 4.20. The molecular formula is C11H14Cl2O2S. The van der Waals surface area contributed by atoms with Crippen molar-refractivity contribution < 1.29 is 9.53 Å². The normalized spacial score (nSPS) is 13.5. The summed E-state index contributed by atoms with van der Waals surface area (Å²) in [5, 5.41) is 0.694. The highest BCUT2D eigenvalue weighted by molar-refractivity contribution is 8.14. The molecule has 0 radical (unpaired) electrons. The van der Waals surface area contributed by atoms with Gasteiger partial charge in [0, 0.05) is 29.0 Å². The molecule has 0 bridgehead atoms. The van der Waals surface area contributed by atoms with Gasteiger partial charge in [0.15, 0.2) is 0 Å². The number of allylic oxidation sites excluding steroid dienone is 5. The van der Waals surface area contributed by atoms with Crippen LogP contribution in [0.25, 0.3) is 0 Å². The first-order chi connectivity index (χ1) is 7.60. The molecule has 2 nitrogen and oxygen atoms in total. The highest BCUT2D eigenvalue weighted by Gasteiger charge is 1.99. The van der Waals surface area contributed by atoms with E-state index < -0.39 is 0 Å². The van der Waals surface area contributed by atoms with Crippen molar-refractivity contribution in [2.45, 2.75) is 6.92 Å². The van der Waals surface area contributed by atoms with Crippen molar-refractivity contribution >= 4 is 40.1 Å². The minimum absolute atomic E-state index is 0.108. The predicted molar refractivity (Wildman–Crippen MR) is 72.0 cm³/mol. The molecule has 0 aliphatic heterocycles. The smallest absolute Gasteiger partial charge is 0.213 e. The molecule has 0 amide bonds. The van der Waals surface area contributed by atoms with E-state index in [0.29, 0.717) is 22.4 Å². The van der Waals surface area contributed by atoms with E-state index in [2.05, 4.69) is 0 Å². The second-order valence-corrected chi connectivity index (χ2v) is 4.69. The molecule has 0 N–H and O–H groups in total. The molecule has 0 aliphatic rings. The molecule has 0 aliphatic carbocycles. The van der Waals surface area contributed by atoms with E-state index in [-0.39, 0.29) is 5.12 Å². The first kappa shape index (κ1) is 15.8. The summed E-state index contributed by atoms with van der Waals surface area (Å²) in [5.41, 5.74) is 0. The lowest BCUT2D eigenvalue weighted by Gasteiger charge is -1.96. The van der Waals surface area contributed by atoms with E-state index in [1.807, 2.05) is 6.92 Å². The van der Waals surface area contributed by atoms with E-state index in [0.717, 1.165) is 11.8 Å². The zero-order chi connectivity index (χ0) is 12.4. The number of carbonyl (C=O) groups excluding carboxylic acids is 1. The molecule has 0 saturated carbocycles. The quantitative estimate of drug-likeness (QED) is 0.422. The molecule has 5 heteroatoms. The van der Waals surface area contributed by atoms with Gasteiger partial charge in [0.2, 0.25) is 5.12 Å². The lowest BCUT2D eigenvalue weighted by atomic mass is 10.4. The highest BCUT2D eigenvalue weighted by atomic mass is 35.5. The number of ether oxygens (including phenoxy) is 1. The van der Waals surface area contributed by atoms with Gasteiger partial charge in [0.25, 0.3) is 0 Å². The second kappa shape index (κ2) is 9.97. The van der Waals surface area contributed by atoms with E-state index in [1.165, 1.54) is 12.2 Å². The summed E-state index contributed by atoms with van der Waals surface area (Å²) < 4.78 is 4.82. The van der Waals surface area contributed by atoms with Crippen molar-refractivity contribution in [2.24, 2.45) is 0 Å². The van der Waals surface area contributed by atoms with Crippen molar-refractivity contribution in [1.82, 2.24) is 0 Å². The summed E-state index contributed by atoms with van der Waals surface area (Å²) in [6, 6.07) is 0. The largest absolute Gasteiger partial charge is 0.384 e. The predicted octanol–water partition coefficient (Wildman–Crippen LogP) is 3.71. The monoisotopic (exact) mass is 280 g/mol. The summed E-state index contributed by atoms with van der Waals surface area (Å²) in [5.74, 6) is 0.613. The molecule has 0 unspecified atom stereocenters. The van der Waals surface area contributed by atoms with E-state index >= 15 is 0 Å². The van der Waals surface area contributed by atoms with Crippen LogP contribution in [0.15, 0.2) is 34.4 Å². The number of methoxy groups -OCH3 is 1. The second-order valence-electron chi connectivity index (χ2n) is 2.72. The van der Waals surface area contributed by atoms with Gasteiger partial charge in [-0.15, -0.1) is 0 Å². The molecule has 0 heterocycles. The number of hydrogen-bond donors (Lipinski definition) is 0. The third kappa shape index (κ3) is 9.04. The topological polar surface area (TPSA) is 26.3 Å². The zero-order valence-electron chi connectivity index (χ0n) is 9.20. The van der Waals surface area contributed by atoms with Crippen LogP contribution in [0.3, 0.4) is 0 Å². The molecule has 0 saturated heterocycles. The minimum Gasteiger partial charge on any atom is -0.384 e. The SMILES string of the molecule is C\C=C/C(Cl)=C\C(Cl)=C\C(=O)SCCOC. The van der Waals surface area contributed by atoms with Crippen LogP contribution in [0.5, 0.6) is 0 Å². The average molecular weight is 281 g/mol. The number of thioether (sulfide) groups is 1. The van der Waals surface area contributed by atoms with E-state index in [1.54, 1.807) is 19.3 Å². The zero-order valence-corrected chi connectivity index (χ0v) is 11.5. The Bertz CT molecular complexity index is 309. The Labute approximate surface area is 110 Å². The third-order valence-electron chi connectivity index (χ3n) is 1.39. The van der Waals surface area contributed by atoms with Gasteiger partial charge in [-0.05, 0) is 19.1 Å². The third-order valence-corrected chi connectivity index (χ3v) is 2.62. The van der Waals surface area contributed by atoms with Crippen molar-refractivity contribution in [3.63, 3.8) is 0 Å². The van der Waals surface area contributed by atoms with Crippen LogP contribution < -0.4 is 0 Å². The Morgan fingerprint density at radius 1 is 1.31 bits per heavy atom. The van der Waals surface area contributed by atoms with Crippen LogP contribution >= 0.6 is 35.0 Å². The molecule has 0 aromatic heterocycles. The van der Waals surface area contributed by atoms with E-state index in [4.69, 9.17) is 27.9 Å². The van der Waals surface area contributed by atoms with Crippen LogP contribution in [0.2, 0.25) is 0 Å². The molecular weight excluding hydrogens is 267 g/mol. The Kier molecular flexibility index (Phi) is 9.83. The maximum atomic E-state index is 11.3. The van der Waals surface area contributed by atoms with Gasteiger partial charge in [-0.3, -0.25) is 4.79 Å². The highest BCUT2D eigenvalue weighted by Crippen LogP contribution is 2.14. The molecule has 0 spiro atoms. The van der Waals surface area contributed by atoms with Gasteiger partial charge in [-0.1, -0.05) is 41.0 Å². The Morgan fingerprint density at radius 3 is 2.56 bits per heavy atom. The van der Waals surface area contributed by atoms with Crippen molar-refractivity contribution in [1.29, 1.82) is 0 Å². The van der Waals surface area contributed by atoms with Crippen molar-refractivity contribution in [2.75, 3.05) is 19.5 Å². The van der Waals surface area contributed by atoms with Crippen LogP contribution in [0.4, 0.5) is 0 Å². The molecule has 0 aromatic rings. The van der Waals surface area contributed by atoms with Crippen LogP contribution in [0, 0.1) is 0 Å². The summed E-state index contributed by atoms with van der Waals surface area (Å²) in [7, 11) is 1.59. The number of carbonyl (C=O) groups is 1. The van der Waals surface area contributed by atoms with Crippen molar-refractivity contribution in [3.8, 4) is 0 Å². The minimum atomic E-state index is -0.108. The van der Waals surface area contributed by atoms with Crippen LogP contribution in [-0.2, 0) is 9.53 Å². The van der Waals surface area contributed by atoms with E-state index in [9.17, 15) is 4.79 Å². The molecule has 0 atom stereocenters. The van der Waals surface area contributed by atoms with Crippen LogP contribution in [-0.4, -0.2) is 24.6 Å². The maximum Gasteiger partial charge on any atom is 0.213 e. The first-order valence-electron chi connectivity index (χ1n) is 4.63. The number of hydrogen-bond acceptors (Lipinski definition) is 3. The number of halogens is 2. The number of rotatable bonds is 6. The summed E-state index contributed by atoms with van der Waals surface area (Å²) >= 11 is 12.8. The lowest BCUT2D eigenvalue weighted by molar-refractivity contribution is -0.107. The fourth-order valence-corrected chi connectivity index (χ4v) is 2.00. The lowest BCUT2D eigenvalue weighted by Crippen LogP contribution is -1.95. The van der Waals surface area contributed by atoms with Gasteiger partial charge in [0.1, 0.15) is 0 Å². The summed E-state index contributed by atoms with van der Waals surface area (Å²) in [4.78, 5) is 11.3. The average Bonchev–Trinajstić information content (AvgIpc) is 2.17. The molecule has 0 aromatic carbocycles. The maximum absolute atomic E-state index is 11.3.